The summed E-state index contributed by atoms with van der Waals surface area (Å²) in [7, 11) is 0. The van der Waals surface area contributed by atoms with Crippen molar-refractivity contribution in [3.05, 3.63) is 90.5 Å². The molecule has 7 rings (SSSR count). The van der Waals surface area contributed by atoms with Crippen molar-refractivity contribution in [3.63, 3.8) is 0 Å². The Morgan fingerprint density at radius 3 is 2.65 bits per heavy atom. The van der Waals surface area contributed by atoms with E-state index in [-0.39, 0.29) is 11.9 Å². The average Bonchev–Trinajstić information content (AvgIpc) is 3.51. The number of carbonyl (C=O) groups is 1. The van der Waals surface area contributed by atoms with Gasteiger partial charge in [-0.25, -0.2) is 4.98 Å². The van der Waals surface area contributed by atoms with Crippen molar-refractivity contribution >= 4 is 16.9 Å². The molecule has 0 amide bonds. The molecule has 3 aromatic heterocycles. The smallest absolute Gasteiger partial charge is 0.310 e. The van der Waals surface area contributed by atoms with Crippen LogP contribution in [0.1, 0.15) is 24.1 Å². The maximum atomic E-state index is 12.6. The largest absolute Gasteiger partial charge is 0.465 e. The van der Waals surface area contributed by atoms with E-state index in [2.05, 4.69) is 67.6 Å². The first kappa shape index (κ1) is 27.4. The van der Waals surface area contributed by atoms with Crippen LogP contribution in [-0.4, -0.2) is 63.6 Å². The topological polar surface area (TPSA) is 96.0 Å². The first-order valence-corrected chi connectivity index (χ1v) is 15.2. The summed E-state index contributed by atoms with van der Waals surface area (Å²) >= 11 is 0. The number of H-pyrrole nitrogens is 1. The van der Waals surface area contributed by atoms with Gasteiger partial charge in [0, 0.05) is 60.5 Å². The van der Waals surface area contributed by atoms with Crippen molar-refractivity contribution in [2.45, 2.75) is 26.3 Å². The van der Waals surface area contributed by atoms with Gasteiger partial charge in [-0.1, -0.05) is 36.4 Å². The van der Waals surface area contributed by atoms with Crippen LogP contribution in [0, 0.1) is 18.8 Å². The SMILES string of the molecule is Cc1cccc(-c2[nH]cnc2-c2ccc3ncc(-c4ccc(CN5CCC[C@H](C(=O)OCC6CNC6)C5)cc4)cc3c2)n1. The minimum absolute atomic E-state index is 0.0276. The van der Waals surface area contributed by atoms with E-state index in [9.17, 15) is 4.79 Å². The highest BCUT2D eigenvalue weighted by Gasteiger charge is 2.28. The molecule has 0 unspecified atom stereocenters. The number of aromatic nitrogens is 4. The summed E-state index contributed by atoms with van der Waals surface area (Å²) in [5.41, 5.74) is 9.02. The Morgan fingerprint density at radius 1 is 1.00 bits per heavy atom. The standard InChI is InChI=1S/C35H36N6O2/c1-23-4-2-6-32(40-23)34-33(38-22-39-34)27-11-12-31-29(14-27)15-30(18-37-31)26-9-7-24(8-10-26)19-41-13-3-5-28(20-41)35(42)43-21-25-16-36-17-25/h2,4,6-12,14-15,18,22,25,28,36H,3,5,13,16-17,19-21H2,1H3,(H,38,39)/t28-/m0/s1. The van der Waals surface area contributed by atoms with Gasteiger partial charge in [-0.3, -0.25) is 19.7 Å². The van der Waals surface area contributed by atoms with Crippen molar-refractivity contribution < 1.29 is 9.53 Å². The Morgan fingerprint density at radius 2 is 1.84 bits per heavy atom. The Bertz CT molecular complexity index is 1740. The zero-order valence-corrected chi connectivity index (χ0v) is 24.4. The molecule has 0 radical (unpaired) electrons. The molecule has 5 aromatic rings. The van der Waals surface area contributed by atoms with Crippen molar-refractivity contribution in [3.8, 4) is 33.8 Å². The highest BCUT2D eigenvalue weighted by Crippen LogP contribution is 2.31. The van der Waals surface area contributed by atoms with Crippen molar-refractivity contribution in [1.29, 1.82) is 0 Å². The number of pyridine rings is 2. The number of imidazole rings is 1. The number of hydrogen-bond acceptors (Lipinski definition) is 7. The van der Waals surface area contributed by atoms with Gasteiger partial charge in [0.25, 0.3) is 0 Å². The minimum Gasteiger partial charge on any atom is -0.465 e. The van der Waals surface area contributed by atoms with Crippen LogP contribution < -0.4 is 5.32 Å². The number of hydrogen-bond donors (Lipinski definition) is 2. The van der Waals surface area contributed by atoms with Gasteiger partial charge in [0.1, 0.15) is 0 Å². The molecule has 0 aliphatic carbocycles. The van der Waals surface area contributed by atoms with Crippen LogP contribution in [-0.2, 0) is 16.1 Å². The van der Waals surface area contributed by atoms with Gasteiger partial charge in [-0.05, 0) is 67.8 Å². The van der Waals surface area contributed by atoms with Crippen molar-refractivity contribution in [2.75, 3.05) is 32.8 Å². The van der Waals surface area contributed by atoms with Gasteiger partial charge in [-0.15, -0.1) is 0 Å². The van der Waals surface area contributed by atoms with E-state index in [1.165, 1.54) is 5.56 Å². The van der Waals surface area contributed by atoms with E-state index in [0.29, 0.717) is 12.5 Å². The quantitative estimate of drug-likeness (QED) is 0.233. The molecule has 2 aliphatic rings. The highest BCUT2D eigenvalue weighted by atomic mass is 16.5. The van der Waals surface area contributed by atoms with E-state index >= 15 is 0 Å². The summed E-state index contributed by atoms with van der Waals surface area (Å²) in [4.78, 5) is 32.3. The van der Waals surface area contributed by atoms with E-state index < -0.39 is 0 Å². The fraction of sp³-hybridized carbons (Fsp3) is 0.314. The summed E-state index contributed by atoms with van der Waals surface area (Å²) in [5.74, 6) is 0.419. The van der Waals surface area contributed by atoms with E-state index in [0.717, 1.165) is 95.9 Å². The molecule has 5 heterocycles. The predicted octanol–water partition coefficient (Wildman–Crippen LogP) is 5.64. The summed E-state index contributed by atoms with van der Waals surface area (Å²) in [6, 6.07) is 23.2. The predicted molar refractivity (Wildman–Crippen MR) is 168 cm³/mol. The normalized spacial score (nSPS) is 17.6. The summed E-state index contributed by atoms with van der Waals surface area (Å²) in [6.45, 7) is 7.04. The van der Waals surface area contributed by atoms with Crippen LogP contribution in [0.3, 0.4) is 0 Å². The fourth-order valence-corrected chi connectivity index (χ4v) is 6.06. The molecule has 1 atom stereocenters. The number of piperidine rings is 1. The van der Waals surface area contributed by atoms with Gasteiger partial charge in [0.05, 0.1) is 41.5 Å². The lowest BCUT2D eigenvalue weighted by Crippen LogP contribution is -2.45. The third kappa shape index (κ3) is 6.07. The number of benzene rings is 2. The molecule has 0 saturated carbocycles. The van der Waals surface area contributed by atoms with Gasteiger partial charge < -0.3 is 15.0 Å². The number of aryl methyl sites for hydroxylation is 1. The molecule has 2 aromatic carbocycles. The highest BCUT2D eigenvalue weighted by molar-refractivity contribution is 5.89. The molecular weight excluding hydrogens is 536 g/mol. The second-order valence-corrected chi connectivity index (χ2v) is 11.8. The number of fused-ring (bicyclic) bond motifs is 1. The molecule has 2 aliphatic heterocycles. The number of nitrogens with one attached hydrogen (secondary N) is 2. The first-order chi connectivity index (χ1) is 21.1. The molecule has 43 heavy (non-hydrogen) atoms. The molecule has 8 heteroatoms. The summed E-state index contributed by atoms with van der Waals surface area (Å²) < 4.78 is 5.62. The summed E-state index contributed by atoms with van der Waals surface area (Å²) in [5, 5.41) is 4.29. The zero-order valence-electron chi connectivity index (χ0n) is 24.4. The minimum atomic E-state index is -0.0331. The van der Waals surface area contributed by atoms with Gasteiger partial charge >= 0.3 is 5.97 Å². The number of likely N-dealkylation sites (tertiary alicyclic amines) is 1. The van der Waals surface area contributed by atoms with Crippen LogP contribution in [0.2, 0.25) is 0 Å². The number of rotatable bonds is 8. The molecule has 2 N–H and O–H groups in total. The maximum absolute atomic E-state index is 12.6. The molecule has 218 valence electrons. The number of esters is 1. The average molecular weight is 573 g/mol. The lowest BCUT2D eigenvalue weighted by molar-refractivity contribution is -0.152. The Labute approximate surface area is 251 Å². The van der Waals surface area contributed by atoms with Gasteiger partial charge in [0.2, 0.25) is 0 Å². The lowest BCUT2D eigenvalue weighted by Gasteiger charge is -2.32. The third-order valence-electron chi connectivity index (χ3n) is 8.60. The number of aromatic amines is 1. The Balaban J connectivity index is 1.04. The van der Waals surface area contributed by atoms with Crippen LogP contribution in [0.15, 0.2) is 79.3 Å². The molecule has 2 fully saturated rings. The maximum Gasteiger partial charge on any atom is 0.310 e. The van der Waals surface area contributed by atoms with Crippen LogP contribution in [0.5, 0.6) is 0 Å². The van der Waals surface area contributed by atoms with E-state index in [1.54, 1.807) is 6.33 Å². The van der Waals surface area contributed by atoms with Gasteiger partial charge in [-0.2, -0.15) is 0 Å². The van der Waals surface area contributed by atoms with Crippen LogP contribution in [0.4, 0.5) is 0 Å². The molecule has 2 saturated heterocycles. The molecule has 8 nitrogen and oxygen atoms in total. The second kappa shape index (κ2) is 12.1. The first-order valence-electron chi connectivity index (χ1n) is 15.2. The number of ether oxygens (including phenoxy) is 1. The van der Waals surface area contributed by atoms with Gasteiger partial charge in [0.15, 0.2) is 0 Å². The monoisotopic (exact) mass is 572 g/mol. The second-order valence-electron chi connectivity index (χ2n) is 11.8. The van der Waals surface area contributed by atoms with E-state index in [1.807, 2.05) is 37.4 Å². The molecule has 0 spiro atoms. The zero-order chi connectivity index (χ0) is 29.2. The lowest BCUT2D eigenvalue weighted by atomic mass is 9.97. The van der Waals surface area contributed by atoms with E-state index in [4.69, 9.17) is 9.72 Å². The summed E-state index contributed by atoms with van der Waals surface area (Å²) in [6.07, 6.45) is 5.60. The van der Waals surface area contributed by atoms with Crippen molar-refractivity contribution in [1.82, 2.24) is 30.2 Å². The molecular formula is C35H36N6O2. The van der Waals surface area contributed by atoms with Crippen molar-refractivity contribution in [2.24, 2.45) is 11.8 Å². The fourth-order valence-electron chi connectivity index (χ4n) is 6.06. The Hall–Kier alpha value is -4.40. The third-order valence-corrected chi connectivity index (χ3v) is 8.60. The molecule has 0 bridgehead atoms. The van der Waals surface area contributed by atoms with Crippen LogP contribution >= 0.6 is 0 Å². The Kier molecular flexibility index (Phi) is 7.70. The number of carbonyl (C=O) groups excluding carboxylic acids is 1. The number of nitrogens with zero attached hydrogens (tertiary/aromatic N) is 4. The van der Waals surface area contributed by atoms with Crippen LogP contribution in [0.25, 0.3) is 44.7 Å².